The van der Waals surface area contributed by atoms with Crippen LogP contribution in [0.25, 0.3) is 0 Å². The van der Waals surface area contributed by atoms with Crippen LogP contribution in [0, 0.1) is 0 Å². The molecule has 0 aromatic heterocycles. The van der Waals surface area contributed by atoms with Gasteiger partial charge in [0.15, 0.2) is 0 Å². The number of amides is 1. The summed E-state index contributed by atoms with van der Waals surface area (Å²) in [6, 6.07) is 23.7. The van der Waals surface area contributed by atoms with Gasteiger partial charge < -0.3 is 5.11 Å². The third-order valence-corrected chi connectivity index (χ3v) is 8.01. The zero-order valence-corrected chi connectivity index (χ0v) is 26.3. The standard InChI is InChI=1S/C36H48N4O2/c1-35(2,3)31-22-30(34(42)32(23-31)36(4,5)6)24-37-38-33(41)26-40-20-18-39(19-21-40)25-29-16-14-28(15-17-29)13-12-27-10-8-7-9-11-27/h7-11,14-17,22-24,42H,12-13,18-21,25-26H2,1-6H3,(H,38,41). The molecule has 0 unspecified atom stereocenters. The molecule has 2 N–H and O–H groups in total. The molecule has 1 aliphatic rings. The first kappa shape index (κ1) is 31.5. The molecule has 3 aromatic carbocycles. The predicted molar refractivity (Wildman–Crippen MR) is 173 cm³/mol. The Balaban J connectivity index is 1.23. The van der Waals surface area contributed by atoms with E-state index in [0.29, 0.717) is 12.1 Å². The van der Waals surface area contributed by atoms with Crippen LogP contribution in [0.5, 0.6) is 5.75 Å². The maximum absolute atomic E-state index is 12.6. The average molecular weight is 569 g/mol. The number of aryl methyl sites for hydroxylation is 2. The minimum absolute atomic E-state index is 0.0757. The van der Waals surface area contributed by atoms with E-state index in [2.05, 4.69) is 123 Å². The van der Waals surface area contributed by atoms with E-state index < -0.39 is 0 Å². The van der Waals surface area contributed by atoms with Crippen molar-refractivity contribution in [2.75, 3.05) is 32.7 Å². The number of hydrogen-bond acceptors (Lipinski definition) is 5. The van der Waals surface area contributed by atoms with Crippen LogP contribution in [0.15, 0.2) is 71.8 Å². The SMILES string of the molecule is CC(C)(C)c1cc(C=NNC(=O)CN2CCN(Cc3ccc(CCc4ccccc4)cc3)CC2)c(O)c(C(C)(C)C)c1. The van der Waals surface area contributed by atoms with E-state index in [1.54, 1.807) is 6.21 Å². The highest BCUT2D eigenvalue weighted by molar-refractivity contribution is 5.86. The number of aromatic hydroxyl groups is 1. The number of piperazine rings is 1. The molecule has 1 amide bonds. The number of benzene rings is 3. The zero-order chi connectivity index (χ0) is 30.3. The lowest BCUT2D eigenvalue weighted by molar-refractivity contribution is -0.122. The molecule has 1 heterocycles. The highest BCUT2D eigenvalue weighted by atomic mass is 16.3. The van der Waals surface area contributed by atoms with Crippen LogP contribution in [-0.2, 0) is 35.0 Å². The molecule has 1 saturated heterocycles. The molecule has 0 atom stereocenters. The van der Waals surface area contributed by atoms with Gasteiger partial charge >= 0.3 is 0 Å². The van der Waals surface area contributed by atoms with Crippen LogP contribution in [0.2, 0.25) is 0 Å². The van der Waals surface area contributed by atoms with Crippen LogP contribution in [-0.4, -0.2) is 59.8 Å². The van der Waals surface area contributed by atoms with Gasteiger partial charge in [-0.25, -0.2) is 5.43 Å². The maximum atomic E-state index is 12.6. The Morgan fingerprint density at radius 2 is 1.38 bits per heavy atom. The molecule has 1 aliphatic heterocycles. The van der Waals surface area contributed by atoms with Gasteiger partial charge in [-0.1, -0.05) is 102 Å². The first-order valence-electron chi connectivity index (χ1n) is 15.1. The number of phenols is 1. The molecule has 0 spiro atoms. The fourth-order valence-corrected chi connectivity index (χ4v) is 5.28. The van der Waals surface area contributed by atoms with Crippen LogP contribution in [0.3, 0.4) is 0 Å². The number of phenolic OH excluding ortho intramolecular Hbond substituents is 1. The van der Waals surface area contributed by atoms with Crippen molar-refractivity contribution in [1.82, 2.24) is 15.2 Å². The fraction of sp³-hybridized carbons (Fsp3) is 0.444. The predicted octanol–water partition coefficient (Wildman–Crippen LogP) is 6.04. The number of nitrogens with one attached hydrogen (secondary N) is 1. The van der Waals surface area contributed by atoms with Gasteiger partial charge in [0, 0.05) is 43.9 Å². The summed E-state index contributed by atoms with van der Waals surface area (Å²) in [5, 5.41) is 15.1. The van der Waals surface area contributed by atoms with Gasteiger partial charge in [0.2, 0.25) is 0 Å². The summed E-state index contributed by atoms with van der Waals surface area (Å²) in [6.45, 7) is 17.5. The van der Waals surface area contributed by atoms with Crippen molar-refractivity contribution in [3.63, 3.8) is 0 Å². The Bertz CT molecular complexity index is 1340. The minimum Gasteiger partial charge on any atom is -0.507 e. The summed E-state index contributed by atoms with van der Waals surface area (Å²) in [5.41, 5.74) is 9.05. The van der Waals surface area contributed by atoms with Gasteiger partial charge in [-0.15, -0.1) is 0 Å². The molecule has 0 radical (unpaired) electrons. The molecule has 6 heteroatoms. The van der Waals surface area contributed by atoms with Crippen molar-refractivity contribution in [3.8, 4) is 5.75 Å². The van der Waals surface area contributed by atoms with Gasteiger partial charge in [0.05, 0.1) is 12.8 Å². The normalized spacial score (nSPS) is 15.3. The van der Waals surface area contributed by atoms with Crippen LogP contribution < -0.4 is 5.43 Å². The van der Waals surface area contributed by atoms with E-state index in [0.717, 1.165) is 56.7 Å². The van der Waals surface area contributed by atoms with Gasteiger partial charge in [0.1, 0.15) is 5.75 Å². The fourth-order valence-electron chi connectivity index (χ4n) is 5.28. The number of carbonyl (C=O) groups excluding carboxylic acids is 1. The Labute approximate surface area is 252 Å². The van der Waals surface area contributed by atoms with E-state index in [1.807, 2.05) is 6.07 Å². The minimum atomic E-state index is -0.217. The van der Waals surface area contributed by atoms with E-state index in [1.165, 1.54) is 16.7 Å². The van der Waals surface area contributed by atoms with E-state index in [-0.39, 0.29) is 22.5 Å². The van der Waals surface area contributed by atoms with Crippen LogP contribution in [0.4, 0.5) is 0 Å². The summed E-state index contributed by atoms with van der Waals surface area (Å²) >= 11 is 0. The Kier molecular flexibility index (Phi) is 10.2. The van der Waals surface area contributed by atoms with E-state index in [4.69, 9.17) is 0 Å². The van der Waals surface area contributed by atoms with Crippen molar-refractivity contribution < 1.29 is 9.90 Å². The molecule has 224 valence electrons. The highest BCUT2D eigenvalue weighted by Crippen LogP contribution is 2.37. The lowest BCUT2D eigenvalue weighted by Gasteiger charge is -2.34. The molecular weight excluding hydrogens is 520 g/mol. The molecule has 42 heavy (non-hydrogen) atoms. The second-order valence-corrected chi connectivity index (χ2v) is 13.6. The topological polar surface area (TPSA) is 68.2 Å². The summed E-state index contributed by atoms with van der Waals surface area (Å²) in [7, 11) is 0. The highest BCUT2D eigenvalue weighted by Gasteiger charge is 2.25. The van der Waals surface area contributed by atoms with Gasteiger partial charge in [0.25, 0.3) is 5.91 Å². The zero-order valence-electron chi connectivity index (χ0n) is 26.3. The van der Waals surface area contributed by atoms with E-state index >= 15 is 0 Å². The van der Waals surface area contributed by atoms with Crippen molar-refractivity contribution in [1.29, 1.82) is 0 Å². The molecule has 0 aliphatic carbocycles. The molecular formula is C36H48N4O2. The Morgan fingerprint density at radius 3 is 1.98 bits per heavy atom. The molecule has 4 rings (SSSR count). The van der Waals surface area contributed by atoms with Crippen molar-refractivity contribution in [2.45, 2.75) is 71.8 Å². The third kappa shape index (κ3) is 9.01. The summed E-state index contributed by atoms with van der Waals surface area (Å²) in [4.78, 5) is 17.3. The van der Waals surface area contributed by atoms with Gasteiger partial charge in [-0.3, -0.25) is 14.6 Å². The smallest absolute Gasteiger partial charge is 0.254 e. The lowest BCUT2D eigenvalue weighted by atomic mass is 9.79. The average Bonchev–Trinajstić information content (AvgIpc) is 2.94. The summed E-state index contributed by atoms with van der Waals surface area (Å²) in [6.07, 6.45) is 3.67. The second-order valence-electron chi connectivity index (χ2n) is 13.6. The lowest BCUT2D eigenvalue weighted by Crippen LogP contribution is -2.48. The number of nitrogens with zero attached hydrogens (tertiary/aromatic N) is 3. The molecule has 0 bridgehead atoms. The third-order valence-electron chi connectivity index (χ3n) is 8.01. The second kappa shape index (κ2) is 13.7. The summed E-state index contributed by atoms with van der Waals surface area (Å²) < 4.78 is 0. The molecule has 6 nitrogen and oxygen atoms in total. The Hall–Kier alpha value is -3.48. The van der Waals surface area contributed by atoms with Crippen LogP contribution >= 0.6 is 0 Å². The quantitative estimate of drug-likeness (QED) is 0.244. The van der Waals surface area contributed by atoms with Crippen molar-refractivity contribution in [3.05, 3.63) is 100 Å². The number of hydrogen-bond donors (Lipinski definition) is 2. The largest absolute Gasteiger partial charge is 0.507 e. The van der Waals surface area contributed by atoms with E-state index in [9.17, 15) is 9.90 Å². The first-order valence-corrected chi connectivity index (χ1v) is 15.1. The number of rotatable bonds is 9. The van der Waals surface area contributed by atoms with Crippen LogP contribution in [0.1, 0.15) is 74.9 Å². The monoisotopic (exact) mass is 568 g/mol. The number of carbonyl (C=O) groups is 1. The van der Waals surface area contributed by atoms with Crippen molar-refractivity contribution >= 4 is 12.1 Å². The maximum Gasteiger partial charge on any atom is 0.254 e. The van der Waals surface area contributed by atoms with Crippen molar-refractivity contribution in [2.24, 2.45) is 5.10 Å². The number of hydrazone groups is 1. The Morgan fingerprint density at radius 1 is 0.810 bits per heavy atom. The first-order chi connectivity index (χ1) is 19.9. The van der Waals surface area contributed by atoms with Gasteiger partial charge in [-0.2, -0.15) is 5.10 Å². The molecule has 0 saturated carbocycles. The molecule has 1 fully saturated rings. The molecule has 3 aromatic rings. The van der Waals surface area contributed by atoms with Gasteiger partial charge in [-0.05, 0) is 52.0 Å². The summed E-state index contributed by atoms with van der Waals surface area (Å²) in [5.74, 6) is 0.0692.